The largest absolute Gasteiger partial charge is 0.289 e. The van der Waals surface area contributed by atoms with E-state index < -0.39 is 0 Å². The summed E-state index contributed by atoms with van der Waals surface area (Å²) in [6, 6.07) is 14.0. The van der Waals surface area contributed by atoms with Crippen molar-refractivity contribution in [2.24, 2.45) is 0 Å². The van der Waals surface area contributed by atoms with Gasteiger partial charge in [-0.2, -0.15) is 0 Å². The zero-order chi connectivity index (χ0) is 12.5. The molecule has 0 aliphatic rings. The Morgan fingerprint density at radius 2 is 1.78 bits per heavy atom. The molecule has 1 aromatic heterocycles. The summed E-state index contributed by atoms with van der Waals surface area (Å²) >= 11 is 5.11. The molecule has 0 aliphatic carbocycles. The molecule has 0 saturated carbocycles. The lowest BCUT2D eigenvalue weighted by Gasteiger charge is -2.03. The van der Waals surface area contributed by atoms with Crippen LogP contribution in [0.1, 0.15) is 5.56 Å². The number of hydrogen-bond acceptors (Lipinski definition) is 2. The second-order valence-corrected chi connectivity index (χ2v) is 6.07. The normalized spacial score (nSPS) is 11.2. The Labute approximate surface area is 117 Å². The van der Waals surface area contributed by atoms with Gasteiger partial charge in [0, 0.05) is 25.5 Å². The van der Waals surface area contributed by atoms with E-state index in [4.69, 9.17) is 0 Å². The molecule has 18 heavy (non-hydrogen) atoms. The van der Waals surface area contributed by atoms with Crippen molar-refractivity contribution in [3.8, 4) is 0 Å². The summed E-state index contributed by atoms with van der Waals surface area (Å²) in [7, 11) is 0. The first-order chi connectivity index (χ1) is 8.79. The maximum atomic E-state index is 12.4. The average Bonchev–Trinajstić information content (AvgIpc) is 2.40. The minimum atomic E-state index is 0.149. The van der Waals surface area contributed by atoms with Crippen LogP contribution in [0.2, 0.25) is 0 Å². The first-order valence-corrected chi connectivity index (χ1v) is 7.74. The van der Waals surface area contributed by atoms with E-state index in [0.29, 0.717) is 0 Å². The molecule has 0 atom stereocenters. The van der Waals surface area contributed by atoms with Gasteiger partial charge in [0.15, 0.2) is 5.43 Å². The Morgan fingerprint density at radius 1 is 1.00 bits per heavy atom. The summed E-state index contributed by atoms with van der Waals surface area (Å²) in [5, 5.41) is 2.59. The minimum Gasteiger partial charge on any atom is -0.289 e. The van der Waals surface area contributed by atoms with Gasteiger partial charge in [-0.25, -0.2) is 0 Å². The quantitative estimate of drug-likeness (QED) is 0.507. The predicted molar refractivity (Wildman–Crippen MR) is 83.1 cm³/mol. The Morgan fingerprint density at radius 3 is 2.61 bits per heavy atom. The number of rotatable bonds is 2. The highest BCUT2D eigenvalue weighted by molar-refractivity contribution is 9.09. The SMILES string of the molecule is O=c1c2ccccc2sc2ccc(CCBr)cc12. The topological polar surface area (TPSA) is 17.1 Å². The van der Waals surface area contributed by atoms with E-state index in [2.05, 4.69) is 28.1 Å². The van der Waals surface area contributed by atoms with Gasteiger partial charge < -0.3 is 0 Å². The fourth-order valence-electron chi connectivity index (χ4n) is 2.11. The van der Waals surface area contributed by atoms with Gasteiger partial charge in [0.2, 0.25) is 0 Å². The van der Waals surface area contributed by atoms with Gasteiger partial charge in [-0.05, 0) is 36.2 Å². The van der Waals surface area contributed by atoms with Gasteiger partial charge >= 0.3 is 0 Å². The van der Waals surface area contributed by atoms with Gasteiger partial charge in [-0.1, -0.05) is 34.1 Å². The second kappa shape index (κ2) is 4.82. The van der Waals surface area contributed by atoms with Crippen LogP contribution in [0.3, 0.4) is 0 Å². The third-order valence-electron chi connectivity index (χ3n) is 3.02. The van der Waals surface area contributed by atoms with Crippen molar-refractivity contribution in [1.82, 2.24) is 0 Å². The predicted octanol–water partition coefficient (Wildman–Crippen LogP) is 4.35. The van der Waals surface area contributed by atoms with Crippen LogP contribution < -0.4 is 5.43 Å². The van der Waals surface area contributed by atoms with Gasteiger partial charge in [-0.15, -0.1) is 11.3 Å². The van der Waals surface area contributed by atoms with Crippen molar-refractivity contribution in [3.05, 3.63) is 58.3 Å². The third-order valence-corrected chi connectivity index (χ3v) is 4.57. The maximum absolute atomic E-state index is 12.4. The molecule has 90 valence electrons. The first-order valence-electron chi connectivity index (χ1n) is 5.80. The van der Waals surface area contributed by atoms with Crippen molar-refractivity contribution in [2.45, 2.75) is 6.42 Å². The molecule has 0 saturated heterocycles. The summed E-state index contributed by atoms with van der Waals surface area (Å²) < 4.78 is 2.13. The van der Waals surface area contributed by atoms with Crippen LogP contribution in [0.4, 0.5) is 0 Å². The highest BCUT2D eigenvalue weighted by atomic mass is 79.9. The molecule has 3 rings (SSSR count). The van der Waals surface area contributed by atoms with Crippen LogP contribution in [0, 0.1) is 0 Å². The lowest BCUT2D eigenvalue weighted by Crippen LogP contribution is -2.01. The Balaban J connectivity index is 2.38. The molecule has 0 radical (unpaired) electrons. The molecular formula is C15H11BrOS. The lowest BCUT2D eigenvalue weighted by atomic mass is 10.1. The van der Waals surface area contributed by atoms with Crippen molar-refractivity contribution in [3.63, 3.8) is 0 Å². The zero-order valence-electron chi connectivity index (χ0n) is 9.65. The molecule has 2 aromatic carbocycles. The Hall–Kier alpha value is -1.19. The van der Waals surface area contributed by atoms with Crippen molar-refractivity contribution < 1.29 is 0 Å². The number of fused-ring (bicyclic) bond motifs is 2. The maximum Gasteiger partial charge on any atom is 0.195 e. The van der Waals surface area contributed by atoms with E-state index in [1.165, 1.54) is 5.56 Å². The van der Waals surface area contributed by atoms with Crippen molar-refractivity contribution >= 4 is 47.4 Å². The number of hydrogen-bond donors (Lipinski definition) is 0. The Kier molecular flexibility index (Phi) is 3.18. The fourth-order valence-corrected chi connectivity index (χ4v) is 3.62. The molecule has 3 heteroatoms. The van der Waals surface area contributed by atoms with Gasteiger partial charge in [0.25, 0.3) is 0 Å². The van der Waals surface area contributed by atoms with Crippen molar-refractivity contribution in [2.75, 3.05) is 5.33 Å². The summed E-state index contributed by atoms with van der Waals surface area (Å²) in [6.45, 7) is 0. The molecule has 0 spiro atoms. The fraction of sp³-hybridized carbons (Fsp3) is 0.133. The number of aryl methyl sites for hydroxylation is 1. The molecule has 0 amide bonds. The summed E-state index contributed by atoms with van der Waals surface area (Å²) in [5.41, 5.74) is 1.36. The van der Waals surface area contributed by atoms with Crippen LogP contribution in [0.5, 0.6) is 0 Å². The molecule has 0 unspecified atom stereocenters. The van der Waals surface area contributed by atoms with Crippen molar-refractivity contribution in [1.29, 1.82) is 0 Å². The van der Waals surface area contributed by atoms with E-state index >= 15 is 0 Å². The molecule has 3 aromatic rings. The van der Waals surface area contributed by atoms with Gasteiger partial charge in [0.05, 0.1) is 0 Å². The van der Waals surface area contributed by atoms with Gasteiger partial charge in [-0.3, -0.25) is 4.79 Å². The summed E-state index contributed by atoms with van der Waals surface area (Å²) in [6.07, 6.45) is 0.951. The summed E-state index contributed by atoms with van der Waals surface area (Å²) in [4.78, 5) is 12.4. The Bertz CT molecular complexity index is 776. The second-order valence-electron chi connectivity index (χ2n) is 4.20. The molecule has 0 N–H and O–H groups in total. The lowest BCUT2D eigenvalue weighted by molar-refractivity contribution is 1.18. The number of halogens is 1. The first kappa shape index (κ1) is 11.9. The molecule has 0 aliphatic heterocycles. The molecule has 0 bridgehead atoms. The standard InChI is InChI=1S/C15H11BrOS/c16-8-7-10-5-6-14-12(9-10)15(17)11-3-1-2-4-13(11)18-14/h1-6,9H,7-8H2. The highest BCUT2D eigenvalue weighted by Crippen LogP contribution is 2.25. The molecule has 0 fully saturated rings. The summed E-state index contributed by atoms with van der Waals surface area (Å²) in [5.74, 6) is 0. The average molecular weight is 319 g/mol. The van der Waals surface area contributed by atoms with Crippen LogP contribution in [-0.4, -0.2) is 5.33 Å². The smallest absolute Gasteiger partial charge is 0.195 e. The molecular weight excluding hydrogens is 308 g/mol. The van der Waals surface area contributed by atoms with Crippen LogP contribution >= 0.6 is 27.3 Å². The number of alkyl halides is 1. The molecule has 1 nitrogen and oxygen atoms in total. The van der Waals surface area contributed by atoms with Crippen LogP contribution in [-0.2, 0) is 6.42 Å². The number of benzene rings is 2. The zero-order valence-corrected chi connectivity index (χ0v) is 12.1. The van der Waals surface area contributed by atoms with E-state index in [9.17, 15) is 4.79 Å². The van der Waals surface area contributed by atoms with E-state index in [-0.39, 0.29) is 5.43 Å². The third kappa shape index (κ3) is 1.98. The molecule has 1 heterocycles. The van der Waals surface area contributed by atoms with Crippen LogP contribution in [0.15, 0.2) is 47.3 Å². The van der Waals surface area contributed by atoms with E-state index in [0.717, 1.165) is 31.9 Å². The minimum absolute atomic E-state index is 0.149. The monoisotopic (exact) mass is 318 g/mol. The van der Waals surface area contributed by atoms with E-state index in [1.54, 1.807) is 11.3 Å². The van der Waals surface area contributed by atoms with Crippen LogP contribution in [0.25, 0.3) is 20.2 Å². The highest BCUT2D eigenvalue weighted by Gasteiger charge is 2.06. The van der Waals surface area contributed by atoms with Gasteiger partial charge in [0.1, 0.15) is 0 Å². The van der Waals surface area contributed by atoms with E-state index in [1.807, 2.05) is 30.3 Å².